The van der Waals surface area contributed by atoms with E-state index >= 15 is 0 Å². The zero-order valence-electron chi connectivity index (χ0n) is 25.1. The maximum Gasteiger partial charge on any atom is 0.416 e. The number of alkyl halides is 3. The summed E-state index contributed by atoms with van der Waals surface area (Å²) in [5, 5.41) is 0. The molecule has 2 aromatic carbocycles. The summed E-state index contributed by atoms with van der Waals surface area (Å²) in [6, 6.07) is 10.7. The molecule has 0 unspecified atom stereocenters. The highest BCUT2D eigenvalue weighted by molar-refractivity contribution is 6.08. The van der Waals surface area contributed by atoms with Gasteiger partial charge in [-0.3, -0.25) is 9.59 Å². The zero-order chi connectivity index (χ0) is 30.6. The number of benzene rings is 2. The quantitative estimate of drug-likeness (QED) is 0.343. The fourth-order valence-electron chi connectivity index (χ4n) is 6.68. The van der Waals surface area contributed by atoms with E-state index in [1.54, 1.807) is 17.0 Å². The van der Waals surface area contributed by atoms with Crippen LogP contribution >= 0.6 is 0 Å². The second-order valence-electron chi connectivity index (χ2n) is 13.0. The van der Waals surface area contributed by atoms with E-state index in [1.807, 2.05) is 53.7 Å². The highest BCUT2D eigenvalue weighted by atomic mass is 19.4. The number of hydrogen-bond acceptors (Lipinski definition) is 5. The maximum atomic E-state index is 14.1. The maximum absolute atomic E-state index is 14.1. The van der Waals surface area contributed by atoms with E-state index in [4.69, 9.17) is 9.47 Å². The summed E-state index contributed by atoms with van der Waals surface area (Å²) < 4.78 is 53.3. The van der Waals surface area contributed by atoms with Gasteiger partial charge in [0.05, 0.1) is 18.8 Å². The Morgan fingerprint density at radius 2 is 1.33 bits per heavy atom. The molecule has 1 heterocycles. The fraction of sp³-hybridized carbons (Fsp3) is 0.471. The Morgan fingerprint density at radius 3 is 1.86 bits per heavy atom. The second kappa shape index (κ2) is 10.6. The molecule has 0 atom stereocenters. The molecule has 0 aromatic heterocycles. The monoisotopic (exact) mass is 581 g/mol. The van der Waals surface area contributed by atoms with Crippen LogP contribution in [0.15, 0.2) is 65.0 Å². The number of ether oxygens (including phenoxy) is 2. The number of allylic oxidation sites excluding steroid dienone is 4. The van der Waals surface area contributed by atoms with Crippen molar-refractivity contribution >= 4 is 17.3 Å². The zero-order valence-corrected chi connectivity index (χ0v) is 25.1. The van der Waals surface area contributed by atoms with Crippen LogP contribution in [0.4, 0.5) is 18.9 Å². The topological polar surface area (TPSA) is 55.8 Å². The lowest BCUT2D eigenvalue weighted by molar-refractivity contribution is -0.137. The highest BCUT2D eigenvalue weighted by Gasteiger charge is 2.49. The van der Waals surface area contributed by atoms with E-state index in [1.165, 1.54) is 6.07 Å². The number of ketones is 2. The summed E-state index contributed by atoms with van der Waals surface area (Å²) in [4.78, 5) is 29.9. The first-order chi connectivity index (χ1) is 19.7. The molecule has 2 aliphatic carbocycles. The van der Waals surface area contributed by atoms with Crippen molar-refractivity contribution in [2.75, 3.05) is 18.1 Å². The van der Waals surface area contributed by atoms with Gasteiger partial charge in [-0.15, -0.1) is 0 Å². The number of carbonyl (C=O) groups excluding carboxylic acids is 2. The Bertz CT molecular complexity index is 1440. The van der Waals surface area contributed by atoms with Gasteiger partial charge in [0.25, 0.3) is 0 Å². The molecule has 0 fully saturated rings. The molecule has 0 bridgehead atoms. The molecule has 0 spiro atoms. The average molecular weight is 582 g/mol. The van der Waals surface area contributed by atoms with Crippen LogP contribution in [-0.4, -0.2) is 24.8 Å². The van der Waals surface area contributed by atoms with Gasteiger partial charge in [0.1, 0.15) is 0 Å². The molecular weight excluding hydrogens is 543 g/mol. The molecule has 0 saturated heterocycles. The Hall–Kier alpha value is -3.55. The Morgan fingerprint density at radius 1 is 0.786 bits per heavy atom. The van der Waals surface area contributed by atoms with Crippen molar-refractivity contribution in [3.05, 3.63) is 76.1 Å². The highest BCUT2D eigenvalue weighted by Crippen LogP contribution is 2.56. The van der Waals surface area contributed by atoms with Crippen molar-refractivity contribution in [3.8, 4) is 11.5 Å². The number of carbonyl (C=O) groups is 2. The largest absolute Gasteiger partial charge is 0.490 e. The van der Waals surface area contributed by atoms with Crippen LogP contribution in [-0.2, 0) is 15.8 Å². The normalized spacial score (nSPS) is 20.5. The van der Waals surface area contributed by atoms with Crippen molar-refractivity contribution in [1.82, 2.24) is 0 Å². The smallest absolute Gasteiger partial charge is 0.416 e. The van der Waals surface area contributed by atoms with E-state index in [-0.39, 0.29) is 24.4 Å². The number of nitrogens with zero attached hydrogens (tertiary/aromatic N) is 1. The van der Waals surface area contributed by atoms with Crippen LogP contribution in [0.5, 0.6) is 11.5 Å². The summed E-state index contributed by atoms with van der Waals surface area (Å²) in [7, 11) is 0. The van der Waals surface area contributed by atoms with Crippen LogP contribution in [0.25, 0.3) is 0 Å². The molecule has 1 aliphatic heterocycles. The van der Waals surface area contributed by atoms with E-state index in [2.05, 4.69) is 0 Å². The molecule has 5 rings (SSSR count). The molecule has 0 radical (unpaired) electrons. The van der Waals surface area contributed by atoms with E-state index in [0.717, 1.165) is 17.7 Å². The first-order valence-electron chi connectivity index (χ1n) is 14.5. The third-order valence-corrected chi connectivity index (χ3v) is 8.24. The van der Waals surface area contributed by atoms with Gasteiger partial charge >= 0.3 is 6.18 Å². The summed E-state index contributed by atoms with van der Waals surface area (Å²) >= 11 is 0. The van der Waals surface area contributed by atoms with Crippen molar-refractivity contribution < 1.29 is 32.2 Å². The SMILES string of the molecule is CCOc1ccc(C2C3=C(CC(C)(C)CC3=O)N(c3cccc(C(F)(F)F)c3)C3=C2C(=O)CC(C)(C)C3)cc1OCC. The van der Waals surface area contributed by atoms with Gasteiger partial charge in [0.2, 0.25) is 0 Å². The number of rotatable bonds is 6. The van der Waals surface area contributed by atoms with Crippen molar-refractivity contribution in [2.24, 2.45) is 10.8 Å². The Balaban J connectivity index is 1.81. The van der Waals surface area contributed by atoms with Crippen molar-refractivity contribution in [2.45, 2.75) is 79.3 Å². The minimum Gasteiger partial charge on any atom is -0.490 e. The second-order valence-corrected chi connectivity index (χ2v) is 13.0. The molecule has 3 aliphatic rings. The van der Waals surface area contributed by atoms with Crippen LogP contribution in [0.3, 0.4) is 0 Å². The number of hydrogen-bond donors (Lipinski definition) is 0. The van der Waals surface area contributed by atoms with Crippen molar-refractivity contribution in [3.63, 3.8) is 0 Å². The molecule has 0 N–H and O–H groups in total. The third kappa shape index (κ3) is 5.48. The predicted octanol–water partition coefficient (Wildman–Crippen LogP) is 8.39. The summed E-state index contributed by atoms with van der Waals surface area (Å²) in [6.45, 7) is 12.6. The summed E-state index contributed by atoms with van der Waals surface area (Å²) in [6.07, 6.45) is -3.04. The molecular formula is C34H38F3NO4. The van der Waals surface area contributed by atoms with Crippen molar-refractivity contribution in [1.29, 1.82) is 0 Å². The van der Waals surface area contributed by atoms with E-state index in [0.29, 0.717) is 65.8 Å². The minimum absolute atomic E-state index is 0.0979. The van der Waals surface area contributed by atoms with Gasteiger partial charge in [0, 0.05) is 47.0 Å². The first kappa shape index (κ1) is 29.9. The van der Waals surface area contributed by atoms with Gasteiger partial charge in [-0.25, -0.2) is 0 Å². The lowest BCUT2D eigenvalue weighted by Crippen LogP contribution is -2.44. The van der Waals surface area contributed by atoms with E-state index in [9.17, 15) is 22.8 Å². The lowest BCUT2D eigenvalue weighted by atomic mass is 9.63. The minimum atomic E-state index is -4.54. The average Bonchev–Trinajstić information content (AvgIpc) is 2.87. The molecule has 2 aromatic rings. The Labute approximate surface area is 245 Å². The van der Waals surface area contributed by atoms with Gasteiger partial charge in [-0.05, 0) is 73.4 Å². The first-order valence-corrected chi connectivity index (χ1v) is 14.5. The Kier molecular flexibility index (Phi) is 7.57. The molecule has 0 saturated carbocycles. The summed E-state index contributed by atoms with van der Waals surface area (Å²) in [5.74, 6) is 0.242. The van der Waals surface area contributed by atoms with Crippen LogP contribution in [0.2, 0.25) is 0 Å². The van der Waals surface area contributed by atoms with Crippen LogP contribution in [0, 0.1) is 10.8 Å². The standard InChI is InChI=1S/C34H38F3NO4/c1-7-41-27-13-12-20(14-28(27)42-8-2)29-30-23(16-32(3,4)18-25(30)39)38(22-11-9-10-21(15-22)34(35,36)37)24-17-33(5,6)19-26(40)31(24)29/h9-15,29H,7-8,16-19H2,1-6H3. The van der Waals surface area contributed by atoms with Gasteiger partial charge in [0.15, 0.2) is 23.1 Å². The van der Waals surface area contributed by atoms with Gasteiger partial charge < -0.3 is 14.4 Å². The van der Waals surface area contributed by atoms with Crippen LogP contribution in [0.1, 0.15) is 84.3 Å². The molecule has 5 nitrogen and oxygen atoms in total. The van der Waals surface area contributed by atoms with E-state index < -0.39 is 28.5 Å². The number of Topliss-reactive ketones (excluding diaryl/α,β-unsaturated/α-hetero) is 2. The summed E-state index contributed by atoms with van der Waals surface area (Å²) in [5.41, 5.74) is 1.71. The van der Waals surface area contributed by atoms with Gasteiger partial charge in [-0.1, -0.05) is 39.8 Å². The molecule has 8 heteroatoms. The lowest BCUT2D eigenvalue weighted by Gasteiger charge is -2.49. The molecule has 224 valence electrons. The number of anilines is 1. The third-order valence-electron chi connectivity index (χ3n) is 8.24. The molecule has 0 amide bonds. The molecule has 42 heavy (non-hydrogen) atoms. The number of halogens is 3. The van der Waals surface area contributed by atoms with Gasteiger partial charge in [-0.2, -0.15) is 13.2 Å². The predicted molar refractivity (Wildman–Crippen MR) is 156 cm³/mol. The fourth-order valence-corrected chi connectivity index (χ4v) is 6.68. The van der Waals surface area contributed by atoms with Crippen LogP contribution < -0.4 is 14.4 Å².